The summed E-state index contributed by atoms with van der Waals surface area (Å²) in [6.07, 6.45) is 1.66. The fourth-order valence-electron chi connectivity index (χ4n) is 2.21. The molecule has 0 aliphatic rings. The number of likely N-dealkylation sites (N-methyl/N-ethyl adjacent to an activating group) is 1. The van der Waals surface area contributed by atoms with E-state index in [9.17, 15) is 14.0 Å². The third-order valence-electron chi connectivity index (χ3n) is 4.05. The van der Waals surface area contributed by atoms with Crippen LogP contribution >= 0.6 is 0 Å². The van der Waals surface area contributed by atoms with Crippen LogP contribution < -0.4 is 10.6 Å². The second kappa shape index (κ2) is 8.53. The highest BCUT2D eigenvalue weighted by Crippen LogP contribution is 2.14. The predicted molar refractivity (Wildman–Crippen MR) is 99.5 cm³/mol. The largest absolute Gasteiger partial charge is 0.325 e. The van der Waals surface area contributed by atoms with Crippen LogP contribution in [0.2, 0.25) is 0 Å². The Morgan fingerprint density at radius 1 is 1.19 bits per heavy atom. The maximum absolute atomic E-state index is 13.6. The van der Waals surface area contributed by atoms with Gasteiger partial charge in [0.15, 0.2) is 0 Å². The van der Waals surface area contributed by atoms with Gasteiger partial charge in [-0.05, 0) is 57.1 Å². The van der Waals surface area contributed by atoms with E-state index >= 15 is 0 Å². The maximum atomic E-state index is 13.6. The topological polar surface area (TPSA) is 74.3 Å². The summed E-state index contributed by atoms with van der Waals surface area (Å²) in [5, 5.41) is 5.34. The smallest absolute Gasteiger partial charge is 0.241 e. The van der Waals surface area contributed by atoms with Crippen LogP contribution in [0.4, 0.5) is 15.9 Å². The summed E-state index contributed by atoms with van der Waals surface area (Å²) in [6, 6.07) is 7.50. The molecule has 1 unspecified atom stereocenters. The molecule has 1 heterocycles. The van der Waals surface area contributed by atoms with Crippen molar-refractivity contribution in [2.75, 3.05) is 24.2 Å². The molecule has 0 bridgehead atoms. The van der Waals surface area contributed by atoms with Gasteiger partial charge in [-0.2, -0.15) is 0 Å². The van der Waals surface area contributed by atoms with Crippen molar-refractivity contribution in [1.29, 1.82) is 0 Å². The van der Waals surface area contributed by atoms with Crippen LogP contribution in [0.25, 0.3) is 0 Å². The molecule has 0 radical (unpaired) electrons. The summed E-state index contributed by atoms with van der Waals surface area (Å²) in [6.45, 7) is 5.26. The molecule has 1 atom stereocenters. The van der Waals surface area contributed by atoms with Crippen LogP contribution in [0.5, 0.6) is 0 Å². The number of amides is 2. The molecular weight excluding hydrogens is 335 g/mol. The Kier molecular flexibility index (Phi) is 6.41. The van der Waals surface area contributed by atoms with Gasteiger partial charge < -0.3 is 10.6 Å². The summed E-state index contributed by atoms with van der Waals surface area (Å²) in [7, 11) is 1.67. The highest BCUT2D eigenvalue weighted by molar-refractivity contribution is 5.96. The van der Waals surface area contributed by atoms with Crippen molar-refractivity contribution in [3.63, 3.8) is 0 Å². The fraction of sp³-hybridized carbons (Fsp3) is 0.316. The Hall–Kier alpha value is -2.80. The molecule has 0 aliphatic carbocycles. The number of anilines is 2. The molecule has 138 valence electrons. The molecule has 2 amide bonds. The van der Waals surface area contributed by atoms with E-state index in [4.69, 9.17) is 0 Å². The van der Waals surface area contributed by atoms with Crippen molar-refractivity contribution in [1.82, 2.24) is 9.88 Å². The van der Waals surface area contributed by atoms with Gasteiger partial charge in [-0.1, -0.05) is 12.1 Å². The number of hydrogen-bond acceptors (Lipinski definition) is 4. The average Bonchev–Trinajstić information content (AvgIpc) is 2.59. The molecule has 0 spiro atoms. The minimum atomic E-state index is -0.573. The van der Waals surface area contributed by atoms with Crippen LogP contribution in [0, 0.1) is 19.7 Å². The first-order chi connectivity index (χ1) is 12.3. The van der Waals surface area contributed by atoms with Crippen LogP contribution in [0.15, 0.2) is 36.5 Å². The lowest BCUT2D eigenvalue weighted by atomic mass is 10.2. The van der Waals surface area contributed by atoms with Crippen molar-refractivity contribution >= 4 is 23.3 Å². The second-order valence-corrected chi connectivity index (χ2v) is 6.31. The van der Waals surface area contributed by atoms with E-state index in [-0.39, 0.29) is 24.2 Å². The van der Waals surface area contributed by atoms with Gasteiger partial charge in [0.05, 0.1) is 12.6 Å². The average molecular weight is 358 g/mol. The molecule has 0 saturated heterocycles. The number of benzene rings is 1. The minimum absolute atomic E-state index is 0.0202. The number of halogens is 1. The van der Waals surface area contributed by atoms with E-state index < -0.39 is 6.04 Å². The molecule has 1 aromatic carbocycles. The molecule has 2 N–H and O–H groups in total. The van der Waals surface area contributed by atoms with E-state index in [0.29, 0.717) is 17.1 Å². The number of aryl methyl sites for hydroxylation is 2. The molecule has 0 fully saturated rings. The fourth-order valence-corrected chi connectivity index (χ4v) is 2.21. The molecule has 0 saturated carbocycles. The zero-order valence-corrected chi connectivity index (χ0v) is 15.3. The lowest BCUT2D eigenvalue weighted by molar-refractivity contribution is -0.122. The van der Waals surface area contributed by atoms with E-state index in [0.717, 1.165) is 5.56 Å². The first kappa shape index (κ1) is 19.5. The van der Waals surface area contributed by atoms with Crippen molar-refractivity contribution < 1.29 is 14.0 Å². The molecule has 6 nitrogen and oxygen atoms in total. The number of nitrogens with one attached hydrogen (secondary N) is 2. The normalized spacial score (nSPS) is 11.9. The third kappa shape index (κ3) is 5.35. The predicted octanol–water partition coefficient (Wildman–Crippen LogP) is 2.74. The maximum Gasteiger partial charge on any atom is 0.241 e. The minimum Gasteiger partial charge on any atom is -0.325 e. The molecule has 2 aromatic rings. The van der Waals surface area contributed by atoms with Gasteiger partial charge in [-0.25, -0.2) is 9.37 Å². The van der Waals surface area contributed by atoms with Crippen LogP contribution in [-0.2, 0) is 9.59 Å². The zero-order valence-electron chi connectivity index (χ0n) is 15.3. The van der Waals surface area contributed by atoms with Gasteiger partial charge in [-0.15, -0.1) is 0 Å². The van der Waals surface area contributed by atoms with Crippen molar-refractivity contribution in [2.45, 2.75) is 26.8 Å². The third-order valence-corrected chi connectivity index (χ3v) is 4.05. The van der Waals surface area contributed by atoms with E-state index in [1.54, 1.807) is 50.2 Å². The van der Waals surface area contributed by atoms with Gasteiger partial charge in [-0.3, -0.25) is 14.5 Å². The van der Waals surface area contributed by atoms with Crippen molar-refractivity contribution in [3.8, 4) is 0 Å². The summed E-state index contributed by atoms with van der Waals surface area (Å²) in [5.74, 6) is -0.517. The first-order valence-corrected chi connectivity index (χ1v) is 8.26. The van der Waals surface area contributed by atoms with Crippen LogP contribution in [-0.4, -0.2) is 41.3 Å². The summed E-state index contributed by atoms with van der Waals surface area (Å²) >= 11 is 0. The van der Waals surface area contributed by atoms with Gasteiger partial charge in [0, 0.05) is 11.9 Å². The summed E-state index contributed by atoms with van der Waals surface area (Å²) < 4.78 is 13.6. The van der Waals surface area contributed by atoms with Crippen molar-refractivity contribution in [3.05, 3.63) is 53.5 Å². The molecular formula is C19H23FN4O2. The van der Waals surface area contributed by atoms with Gasteiger partial charge in [0.2, 0.25) is 11.8 Å². The molecule has 2 rings (SSSR count). The number of hydrogen-bond donors (Lipinski definition) is 2. The van der Waals surface area contributed by atoms with Gasteiger partial charge in [0.25, 0.3) is 0 Å². The van der Waals surface area contributed by atoms with E-state index in [2.05, 4.69) is 15.6 Å². The van der Waals surface area contributed by atoms with Crippen molar-refractivity contribution in [2.24, 2.45) is 0 Å². The highest BCUT2D eigenvalue weighted by atomic mass is 19.1. The summed E-state index contributed by atoms with van der Waals surface area (Å²) in [4.78, 5) is 30.1. The number of carbonyl (C=O) groups is 2. The Labute approximate surface area is 152 Å². The Balaban J connectivity index is 1.89. The number of pyridine rings is 1. The molecule has 0 aliphatic heterocycles. The molecule has 1 aromatic heterocycles. The monoisotopic (exact) mass is 358 g/mol. The second-order valence-electron chi connectivity index (χ2n) is 6.31. The SMILES string of the molecule is Cc1ccc(NC(=O)CN(C)C(C)C(=O)Nc2ccc(C)c(F)c2)nc1. The Morgan fingerprint density at radius 2 is 1.92 bits per heavy atom. The standard InChI is InChI=1S/C19H23FN4O2/c1-12-5-8-17(21-10-12)23-18(25)11-24(4)14(3)19(26)22-15-7-6-13(2)16(20)9-15/h5-10,14H,11H2,1-4H3,(H,22,26)(H,21,23,25). The lowest BCUT2D eigenvalue weighted by Gasteiger charge is -2.23. The number of carbonyl (C=O) groups excluding carboxylic acids is 2. The molecule has 7 heteroatoms. The van der Waals surface area contributed by atoms with E-state index in [1.165, 1.54) is 6.07 Å². The lowest BCUT2D eigenvalue weighted by Crippen LogP contribution is -2.43. The number of rotatable bonds is 6. The van der Waals surface area contributed by atoms with Crippen LogP contribution in [0.3, 0.4) is 0 Å². The van der Waals surface area contributed by atoms with Gasteiger partial charge in [0.1, 0.15) is 11.6 Å². The first-order valence-electron chi connectivity index (χ1n) is 8.26. The quantitative estimate of drug-likeness (QED) is 0.833. The number of nitrogens with zero attached hydrogens (tertiary/aromatic N) is 2. The Morgan fingerprint density at radius 3 is 2.54 bits per heavy atom. The summed E-state index contributed by atoms with van der Waals surface area (Å²) in [5.41, 5.74) is 1.89. The van der Waals surface area contributed by atoms with Gasteiger partial charge >= 0.3 is 0 Å². The highest BCUT2D eigenvalue weighted by Gasteiger charge is 2.20. The Bertz CT molecular complexity index is 793. The zero-order chi connectivity index (χ0) is 19.3. The van der Waals surface area contributed by atoms with Crippen LogP contribution in [0.1, 0.15) is 18.1 Å². The number of aromatic nitrogens is 1. The van der Waals surface area contributed by atoms with E-state index in [1.807, 2.05) is 13.0 Å². The molecule has 26 heavy (non-hydrogen) atoms.